The first-order valence-electron chi connectivity index (χ1n) is 7.73. The van der Waals surface area contributed by atoms with Crippen LogP contribution in [-0.4, -0.2) is 42.4 Å². The van der Waals surface area contributed by atoms with Gasteiger partial charge in [-0.25, -0.2) is 4.79 Å². The topological polar surface area (TPSA) is 90.9 Å². The molecule has 0 bridgehead atoms. The summed E-state index contributed by atoms with van der Waals surface area (Å²) in [5.74, 6) is -1.21. The smallest absolute Gasteiger partial charge is 0.407 e. The van der Waals surface area contributed by atoms with Gasteiger partial charge in [-0.3, -0.25) is 9.59 Å². The molecule has 0 spiro atoms. The van der Waals surface area contributed by atoms with Gasteiger partial charge in [0.2, 0.25) is 0 Å². The number of ether oxygens (including phenoxy) is 3. The summed E-state index contributed by atoms with van der Waals surface area (Å²) >= 11 is 0. The van der Waals surface area contributed by atoms with Crippen molar-refractivity contribution in [3.8, 4) is 0 Å². The van der Waals surface area contributed by atoms with Crippen LogP contribution in [0.1, 0.15) is 54.4 Å². The molecule has 1 amide bonds. The molecule has 1 rings (SSSR count). The molecule has 0 aromatic rings. The Hall–Kier alpha value is -1.79. The highest BCUT2D eigenvalue weighted by molar-refractivity contribution is 6.01. The van der Waals surface area contributed by atoms with Crippen molar-refractivity contribution in [3.05, 3.63) is 0 Å². The first kappa shape index (κ1) is 19.3. The first-order valence-corrected chi connectivity index (χ1v) is 7.73. The number of hydrogen-bond acceptors (Lipinski definition) is 6. The van der Waals surface area contributed by atoms with Gasteiger partial charge < -0.3 is 19.5 Å². The van der Waals surface area contributed by atoms with Crippen molar-refractivity contribution in [2.75, 3.05) is 13.2 Å². The van der Waals surface area contributed by atoms with Crippen LogP contribution < -0.4 is 5.32 Å². The zero-order valence-corrected chi connectivity index (χ0v) is 14.8. The lowest BCUT2D eigenvalue weighted by Gasteiger charge is -2.28. The van der Waals surface area contributed by atoms with Crippen molar-refractivity contribution < 1.29 is 28.6 Å². The number of carbonyl (C=O) groups is 3. The molecule has 7 heteroatoms. The summed E-state index contributed by atoms with van der Waals surface area (Å²) in [6.07, 6.45) is -0.236. The number of esters is 2. The second-order valence-electron chi connectivity index (χ2n) is 7.65. The molecule has 1 saturated heterocycles. The Kier molecular flexibility index (Phi) is 5.66. The van der Waals surface area contributed by atoms with Crippen LogP contribution in [0, 0.1) is 5.41 Å². The predicted molar refractivity (Wildman–Crippen MR) is 82.7 cm³/mol. The molecule has 1 heterocycles. The van der Waals surface area contributed by atoms with Crippen molar-refractivity contribution in [2.24, 2.45) is 5.41 Å². The molecular formula is C16H27NO6. The number of nitrogens with one attached hydrogen (secondary N) is 1. The minimum atomic E-state index is -1.36. The second-order valence-corrected chi connectivity index (χ2v) is 7.65. The van der Waals surface area contributed by atoms with Crippen LogP contribution in [0.3, 0.4) is 0 Å². The molecule has 1 aliphatic heterocycles. The summed E-state index contributed by atoms with van der Waals surface area (Å²) in [6, 6.07) is 0. The second kappa shape index (κ2) is 6.76. The molecule has 0 aliphatic carbocycles. The third kappa shape index (κ3) is 5.73. The number of alkyl carbamates (subject to hydrolysis) is 1. The lowest BCUT2D eigenvalue weighted by Crippen LogP contribution is -2.44. The van der Waals surface area contributed by atoms with Gasteiger partial charge in [-0.05, 0) is 48.0 Å². The van der Waals surface area contributed by atoms with E-state index in [1.807, 2.05) is 0 Å². The lowest BCUT2D eigenvalue weighted by atomic mass is 9.83. The minimum absolute atomic E-state index is 0.111. The molecule has 1 atom stereocenters. The average Bonchev–Trinajstić information content (AvgIpc) is 2.67. The predicted octanol–water partition coefficient (Wildman–Crippen LogP) is 2.18. The van der Waals surface area contributed by atoms with Gasteiger partial charge in [0.1, 0.15) is 11.2 Å². The quantitative estimate of drug-likeness (QED) is 0.483. The highest BCUT2D eigenvalue weighted by atomic mass is 16.6. The molecule has 0 aromatic heterocycles. The number of cyclic esters (lactones) is 1. The fourth-order valence-electron chi connectivity index (χ4n) is 2.14. The SMILES string of the molecule is CC(C)(C)OC(=O)NCC[C@@]1(C(=O)OC(C)(C)C)CCOC1=O. The van der Waals surface area contributed by atoms with E-state index in [1.54, 1.807) is 41.5 Å². The Bertz CT molecular complexity index is 474. The van der Waals surface area contributed by atoms with Crippen molar-refractivity contribution in [1.82, 2.24) is 5.32 Å². The number of rotatable bonds is 4. The molecule has 23 heavy (non-hydrogen) atoms. The zero-order valence-electron chi connectivity index (χ0n) is 14.8. The molecular weight excluding hydrogens is 302 g/mol. The number of carbonyl (C=O) groups excluding carboxylic acids is 3. The van der Waals surface area contributed by atoms with Crippen LogP contribution in [0.15, 0.2) is 0 Å². The van der Waals surface area contributed by atoms with Crippen LogP contribution >= 0.6 is 0 Å². The highest BCUT2D eigenvalue weighted by Gasteiger charge is 2.53. The Morgan fingerprint density at radius 1 is 1.13 bits per heavy atom. The maximum Gasteiger partial charge on any atom is 0.407 e. The van der Waals surface area contributed by atoms with E-state index >= 15 is 0 Å². The van der Waals surface area contributed by atoms with Crippen LogP contribution in [0.4, 0.5) is 4.79 Å². The van der Waals surface area contributed by atoms with Crippen molar-refractivity contribution in [3.63, 3.8) is 0 Å². The Morgan fingerprint density at radius 3 is 2.13 bits per heavy atom. The van der Waals surface area contributed by atoms with Gasteiger partial charge in [0, 0.05) is 13.0 Å². The molecule has 1 N–H and O–H groups in total. The summed E-state index contributed by atoms with van der Waals surface area (Å²) in [7, 11) is 0. The van der Waals surface area contributed by atoms with Crippen LogP contribution in [-0.2, 0) is 23.8 Å². The van der Waals surface area contributed by atoms with E-state index in [0.29, 0.717) is 0 Å². The molecule has 0 radical (unpaired) electrons. The van der Waals surface area contributed by atoms with Gasteiger partial charge in [-0.2, -0.15) is 0 Å². The minimum Gasteiger partial charge on any atom is -0.465 e. The summed E-state index contributed by atoms with van der Waals surface area (Å²) in [5, 5.41) is 2.55. The Labute approximate surface area is 137 Å². The van der Waals surface area contributed by atoms with E-state index in [2.05, 4.69) is 5.32 Å². The maximum absolute atomic E-state index is 12.4. The monoisotopic (exact) mass is 329 g/mol. The fourth-order valence-corrected chi connectivity index (χ4v) is 2.14. The van der Waals surface area contributed by atoms with Crippen molar-refractivity contribution in [1.29, 1.82) is 0 Å². The summed E-state index contributed by atoms with van der Waals surface area (Å²) in [5.41, 5.74) is -2.67. The summed E-state index contributed by atoms with van der Waals surface area (Å²) in [6.45, 7) is 10.7. The Balaban J connectivity index is 2.68. The van der Waals surface area contributed by atoms with E-state index < -0.39 is 34.6 Å². The molecule has 1 fully saturated rings. The van der Waals surface area contributed by atoms with Gasteiger partial charge in [0.05, 0.1) is 6.61 Å². The first-order chi connectivity index (χ1) is 10.4. The van der Waals surface area contributed by atoms with Crippen LogP contribution in [0.25, 0.3) is 0 Å². The summed E-state index contributed by atoms with van der Waals surface area (Å²) in [4.78, 5) is 36.1. The fraction of sp³-hybridized carbons (Fsp3) is 0.812. The largest absolute Gasteiger partial charge is 0.465 e. The molecule has 0 aromatic carbocycles. The summed E-state index contributed by atoms with van der Waals surface area (Å²) < 4.78 is 15.4. The number of hydrogen-bond donors (Lipinski definition) is 1. The molecule has 1 aliphatic rings. The van der Waals surface area contributed by atoms with E-state index in [-0.39, 0.29) is 26.0 Å². The van der Waals surface area contributed by atoms with E-state index in [4.69, 9.17) is 14.2 Å². The standard InChI is InChI=1S/C16H27NO6/c1-14(2,3)22-12(19)16(8-10-21-11(16)18)7-9-17-13(20)23-15(4,5)6/h7-10H2,1-6H3,(H,17,20)/t16-/m1/s1. The number of amides is 1. The highest BCUT2D eigenvalue weighted by Crippen LogP contribution is 2.36. The third-order valence-corrected chi connectivity index (χ3v) is 3.16. The lowest BCUT2D eigenvalue weighted by molar-refractivity contribution is -0.173. The van der Waals surface area contributed by atoms with Gasteiger partial charge in [0.25, 0.3) is 0 Å². The van der Waals surface area contributed by atoms with Gasteiger partial charge in [-0.1, -0.05) is 0 Å². The van der Waals surface area contributed by atoms with Gasteiger partial charge in [0.15, 0.2) is 5.41 Å². The molecule has 0 unspecified atom stereocenters. The van der Waals surface area contributed by atoms with E-state index in [1.165, 1.54) is 0 Å². The normalized spacial score (nSPS) is 21.6. The molecule has 0 saturated carbocycles. The van der Waals surface area contributed by atoms with Gasteiger partial charge in [-0.15, -0.1) is 0 Å². The third-order valence-electron chi connectivity index (χ3n) is 3.16. The molecule has 7 nitrogen and oxygen atoms in total. The maximum atomic E-state index is 12.4. The van der Waals surface area contributed by atoms with E-state index in [9.17, 15) is 14.4 Å². The van der Waals surface area contributed by atoms with Crippen molar-refractivity contribution in [2.45, 2.75) is 65.6 Å². The zero-order chi connectivity index (χ0) is 17.9. The Morgan fingerprint density at radius 2 is 1.70 bits per heavy atom. The van der Waals surface area contributed by atoms with Gasteiger partial charge >= 0.3 is 18.0 Å². The van der Waals surface area contributed by atoms with Crippen LogP contribution in [0.2, 0.25) is 0 Å². The average molecular weight is 329 g/mol. The van der Waals surface area contributed by atoms with E-state index in [0.717, 1.165) is 0 Å². The van der Waals surface area contributed by atoms with Crippen molar-refractivity contribution >= 4 is 18.0 Å². The van der Waals surface area contributed by atoms with Crippen LogP contribution in [0.5, 0.6) is 0 Å². The molecule has 132 valence electrons.